The molecule has 1 aromatic rings. The van der Waals surface area contributed by atoms with Gasteiger partial charge in [0.15, 0.2) is 0 Å². The predicted octanol–water partition coefficient (Wildman–Crippen LogP) is 3.72. The number of benzene rings is 1. The van der Waals surface area contributed by atoms with E-state index in [1.54, 1.807) is 6.07 Å². The smallest absolute Gasteiger partial charge is 0.123 e. The Hall–Kier alpha value is -0.930. The topological polar surface area (TPSA) is 21.3 Å². The zero-order chi connectivity index (χ0) is 15.1. The van der Waals surface area contributed by atoms with Crippen LogP contribution in [0.5, 0.6) is 0 Å². The molecule has 0 bridgehead atoms. The lowest BCUT2D eigenvalue weighted by Gasteiger charge is -2.31. The maximum absolute atomic E-state index is 13.4. The van der Waals surface area contributed by atoms with Crippen molar-refractivity contribution in [3.05, 3.63) is 35.1 Å². The molecule has 0 saturated carbocycles. The molecule has 20 heavy (non-hydrogen) atoms. The van der Waals surface area contributed by atoms with E-state index in [4.69, 9.17) is 4.74 Å². The summed E-state index contributed by atoms with van der Waals surface area (Å²) in [4.78, 5) is 0. The van der Waals surface area contributed by atoms with Crippen LogP contribution in [0.25, 0.3) is 0 Å². The molecule has 0 aromatic heterocycles. The Morgan fingerprint density at radius 2 is 1.95 bits per heavy atom. The van der Waals surface area contributed by atoms with Gasteiger partial charge in [-0.15, -0.1) is 0 Å². The molecule has 2 atom stereocenters. The molecule has 1 rings (SSSR count). The van der Waals surface area contributed by atoms with E-state index in [0.717, 1.165) is 24.1 Å². The summed E-state index contributed by atoms with van der Waals surface area (Å²) >= 11 is 0. The van der Waals surface area contributed by atoms with Crippen LogP contribution in [0.2, 0.25) is 0 Å². The van der Waals surface area contributed by atoms with E-state index in [0.29, 0.717) is 12.5 Å². The van der Waals surface area contributed by atoms with Crippen LogP contribution in [0, 0.1) is 18.7 Å². The molecule has 1 N–H and O–H groups in total. The molecule has 1 aromatic carbocycles. The van der Waals surface area contributed by atoms with E-state index >= 15 is 0 Å². The number of ether oxygens (including phenoxy) is 1. The Morgan fingerprint density at radius 1 is 1.25 bits per heavy atom. The van der Waals surface area contributed by atoms with Crippen LogP contribution < -0.4 is 5.32 Å². The van der Waals surface area contributed by atoms with Gasteiger partial charge in [-0.25, -0.2) is 4.39 Å². The third-order valence-electron chi connectivity index (χ3n) is 3.63. The molecule has 2 nitrogen and oxygen atoms in total. The molecule has 0 amide bonds. The molecule has 0 spiro atoms. The third-order valence-corrected chi connectivity index (χ3v) is 3.63. The predicted molar refractivity (Wildman–Crippen MR) is 82.6 cm³/mol. The molecule has 3 heteroatoms. The van der Waals surface area contributed by atoms with E-state index in [-0.39, 0.29) is 18.0 Å². The number of aryl methyl sites for hydroxylation is 1. The van der Waals surface area contributed by atoms with Crippen LogP contribution in [-0.4, -0.2) is 25.3 Å². The number of rotatable bonds is 8. The lowest BCUT2D eigenvalue weighted by atomic mass is 9.92. The summed E-state index contributed by atoms with van der Waals surface area (Å²) < 4.78 is 19.3. The highest BCUT2D eigenvalue weighted by atomic mass is 19.1. The Labute approximate surface area is 122 Å². The second-order valence-electron chi connectivity index (χ2n) is 5.60. The molecule has 0 heterocycles. The maximum atomic E-state index is 13.4. The standard InChI is InChI=1S/C17H28FNO/c1-6-19-16(17(12(3)4)20-7-2)11-14-10-15(18)9-8-13(14)5/h8-10,12,16-17,19H,6-7,11H2,1-5H3. The summed E-state index contributed by atoms with van der Waals surface area (Å²) in [6, 6.07) is 5.21. The molecule has 0 fully saturated rings. The molecular weight excluding hydrogens is 253 g/mol. The highest BCUT2D eigenvalue weighted by molar-refractivity contribution is 5.27. The quantitative estimate of drug-likeness (QED) is 0.784. The summed E-state index contributed by atoms with van der Waals surface area (Å²) in [5, 5.41) is 3.50. The minimum atomic E-state index is -0.168. The normalized spacial score (nSPS) is 14.6. The van der Waals surface area contributed by atoms with Gasteiger partial charge in [-0.3, -0.25) is 0 Å². The molecule has 0 aliphatic rings. The summed E-state index contributed by atoms with van der Waals surface area (Å²) in [6.07, 6.45) is 0.933. The van der Waals surface area contributed by atoms with Gasteiger partial charge in [-0.2, -0.15) is 0 Å². The molecule has 0 saturated heterocycles. The fraction of sp³-hybridized carbons (Fsp3) is 0.647. The van der Waals surface area contributed by atoms with E-state index in [1.165, 1.54) is 6.07 Å². The van der Waals surface area contributed by atoms with Crippen molar-refractivity contribution < 1.29 is 9.13 Å². The lowest BCUT2D eigenvalue weighted by Crippen LogP contribution is -2.45. The molecule has 0 aliphatic carbocycles. The van der Waals surface area contributed by atoms with Crippen LogP contribution in [0.4, 0.5) is 4.39 Å². The summed E-state index contributed by atoms with van der Waals surface area (Å²) in [5.74, 6) is 0.256. The summed E-state index contributed by atoms with van der Waals surface area (Å²) in [6.45, 7) is 12.1. The van der Waals surface area contributed by atoms with Gasteiger partial charge in [-0.1, -0.05) is 26.8 Å². The largest absolute Gasteiger partial charge is 0.377 e. The van der Waals surface area contributed by atoms with Crippen LogP contribution in [-0.2, 0) is 11.2 Å². The molecule has 0 radical (unpaired) electrons. The first-order chi connectivity index (χ1) is 9.49. The Bertz CT molecular complexity index is 406. The zero-order valence-corrected chi connectivity index (χ0v) is 13.4. The molecule has 2 unspecified atom stereocenters. The second kappa shape index (κ2) is 8.38. The zero-order valence-electron chi connectivity index (χ0n) is 13.4. The van der Waals surface area contributed by atoms with Gasteiger partial charge in [0.1, 0.15) is 5.82 Å². The second-order valence-corrected chi connectivity index (χ2v) is 5.60. The van der Waals surface area contributed by atoms with Gasteiger partial charge in [-0.05, 0) is 56.0 Å². The van der Waals surface area contributed by atoms with Gasteiger partial charge < -0.3 is 10.1 Å². The summed E-state index contributed by atoms with van der Waals surface area (Å²) in [5.41, 5.74) is 2.19. The van der Waals surface area contributed by atoms with Gasteiger partial charge in [0.2, 0.25) is 0 Å². The number of hydrogen-bond acceptors (Lipinski definition) is 2. The van der Waals surface area contributed by atoms with Crippen molar-refractivity contribution in [2.45, 2.75) is 53.2 Å². The van der Waals surface area contributed by atoms with Crippen molar-refractivity contribution in [1.82, 2.24) is 5.32 Å². The number of halogens is 1. The van der Waals surface area contributed by atoms with E-state index < -0.39 is 0 Å². The van der Waals surface area contributed by atoms with Gasteiger partial charge in [0, 0.05) is 12.6 Å². The number of likely N-dealkylation sites (N-methyl/N-ethyl adjacent to an activating group) is 1. The van der Waals surface area contributed by atoms with Gasteiger partial charge >= 0.3 is 0 Å². The molecule has 114 valence electrons. The van der Waals surface area contributed by atoms with Crippen LogP contribution >= 0.6 is 0 Å². The fourth-order valence-corrected chi connectivity index (χ4v) is 2.63. The Morgan fingerprint density at radius 3 is 2.50 bits per heavy atom. The Balaban J connectivity index is 2.92. The highest BCUT2D eigenvalue weighted by Crippen LogP contribution is 2.18. The maximum Gasteiger partial charge on any atom is 0.123 e. The Kier molecular flexibility index (Phi) is 7.17. The average molecular weight is 281 g/mol. The van der Waals surface area contributed by atoms with Gasteiger partial charge in [0.05, 0.1) is 6.10 Å². The van der Waals surface area contributed by atoms with Crippen LogP contribution in [0.1, 0.15) is 38.8 Å². The first-order valence-corrected chi connectivity index (χ1v) is 7.59. The van der Waals surface area contributed by atoms with Crippen LogP contribution in [0.3, 0.4) is 0 Å². The van der Waals surface area contributed by atoms with E-state index in [1.807, 2.05) is 19.9 Å². The fourth-order valence-electron chi connectivity index (χ4n) is 2.63. The minimum Gasteiger partial charge on any atom is -0.377 e. The SMILES string of the molecule is CCNC(Cc1cc(F)ccc1C)C(OCC)C(C)C. The van der Waals surface area contributed by atoms with Crippen molar-refractivity contribution in [3.63, 3.8) is 0 Å². The highest BCUT2D eigenvalue weighted by Gasteiger charge is 2.25. The molecular formula is C17H28FNO. The van der Waals surface area contributed by atoms with Crippen molar-refractivity contribution in [2.24, 2.45) is 5.92 Å². The monoisotopic (exact) mass is 281 g/mol. The first-order valence-electron chi connectivity index (χ1n) is 7.59. The molecule has 0 aliphatic heterocycles. The lowest BCUT2D eigenvalue weighted by molar-refractivity contribution is 0.00391. The van der Waals surface area contributed by atoms with E-state index in [9.17, 15) is 4.39 Å². The average Bonchev–Trinajstić information content (AvgIpc) is 2.39. The van der Waals surface area contributed by atoms with Gasteiger partial charge in [0.25, 0.3) is 0 Å². The minimum absolute atomic E-state index is 0.141. The van der Waals surface area contributed by atoms with Crippen molar-refractivity contribution in [2.75, 3.05) is 13.2 Å². The number of nitrogens with one attached hydrogen (secondary N) is 1. The first kappa shape index (κ1) is 17.1. The van der Waals surface area contributed by atoms with Crippen molar-refractivity contribution >= 4 is 0 Å². The third kappa shape index (κ3) is 4.88. The number of hydrogen-bond donors (Lipinski definition) is 1. The van der Waals surface area contributed by atoms with Crippen molar-refractivity contribution in [3.8, 4) is 0 Å². The van der Waals surface area contributed by atoms with Crippen LogP contribution in [0.15, 0.2) is 18.2 Å². The summed E-state index contributed by atoms with van der Waals surface area (Å²) in [7, 11) is 0. The van der Waals surface area contributed by atoms with Crippen molar-refractivity contribution in [1.29, 1.82) is 0 Å². The van der Waals surface area contributed by atoms with E-state index in [2.05, 4.69) is 26.1 Å².